The number of fused-ring (bicyclic) bond motifs is 1. The van der Waals surface area contributed by atoms with Crippen molar-refractivity contribution < 1.29 is 19.0 Å². The van der Waals surface area contributed by atoms with E-state index < -0.39 is 18.0 Å². The Balaban J connectivity index is 1.84. The molecule has 1 aliphatic rings. The van der Waals surface area contributed by atoms with Crippen molar-refractivity contribution in [2.45, 2.75) is 12.5 Å². The van der Waals surface area contributed by atoms with Crippen LogP contribution in [0.2, 0.25) is 0 Å². The normalized spacial score (nSPS) is 15.2. The van der Waals surface area contributed by atoms with E-state index in [4.69, 9.17) is 19.6 Å². The van der Waals surface area contributed by atoms with E-state index in [1.165, 1.54) is 0 Å². The predicted octanol–water partition coefficient (Wildman–Crippen LogP) is 3.14. The lowest BCUT2D eigenvalue weighted by Crippen LogP contribution is -2.25. The molecule has 144 valence electrons. The first-order valence-electron chi connectivity index (χ1n) is 8.79. The number of para-hydroxylation sites is 1. The van der Waals surface area contributed by atoms with Crippen LogP contribution >= 0.6 is 0 Å². The number of nitriles is 1. The van der Waals surface area contributed by atoms with Gasteiger partial charge in [-0.25, -0.2) is 0 Å². The number of nitrogens with two attached hydrogens (primary N) is 1. The van der Waals surface area contributed by atoms with Crippen molar-refractivity contribution in [2.24, 2.45) is 5.73 Å². The monoisotopic (exact) mass is 388 g/mol. The Labute approximate surface area is 165 Å². The van der Waals surface area contributed by atoms with Gasteiger partial charge in [0.2, 0.25) is 17.1 Å². The predicted molar refractivity (Wildman–Crippen MR) is 103 cm³/mol. The van der Waals surface area contributed by atoms with Crippen molar-refractivity contribution in [1.82, 2.24) is 0 Å². The molecule has 1 atom stereocenters. The Morgan fingerprint density at radius 2 is 1.86 bits per heavy atom. The van der Waals surface area contributed by atoms with Gasteiger partial charge in [-0.3, -0.25) is 4.79 Å². The zero-order chi connectivity index (χ0) is 20.4. The molecule has 0 fully saturated rings. The largest absolute Gasteiger partial charge is 0.458 e. The molecule has 0 saturated carbocycles. The van der Waals surface area contributed by atoms with Gasteiger partial charge in [-0.2, -0.15) is 5.26 Å². The zero-order valence-corrected chi connectivity index (χ0v) is 15.2. The Hall–Kier alpha value is -4.02. The van der Waals surface area contributed by atoms with Crippen molar-refractivity contribution in [1.29, 1.82) is 5.26 Å². The molecule has 0 radical (unpaired) electrons. The highest BCUT2D eigenvalue weighted by molar-refractivity contribution is 5.53. The number of aliphatic hydroxyl groups excluding tert-OH is 1. The third kappa shape index (κ3) is 3.45. The summed E-state index contributed by atoms with van der Waals surface area (Å²) in [6.07, 6.45) is 0. The summed E-state index contributed by atoms with van der Waals surface area (Å²) < 4.78 is 16.9. The van der Waals surface area contributed by atoms with E-state index in [1.807, 2.05) is 36.4 Å². The Morgan fingerprint density at radius 3 is 2.59 bits per heavy atom. The molecule has 3 aromatic rings. The van der Waals surface area contributed by atoms with E-state index in [0.717, 1.165) is 6.07 Å². The maximum Gasteiger partial charge on any atom is 0.228 e. The Bertz CT molecular complexity index is 1190. The number of benzene rings is 2. The molecule has 7 heteroatoms. The fourth-order valence-corrected chi connectivity index (χ4v) is 3.18. The van der Waals surface area contributed by atoms with Gasteiger partial charge in [-0.15, -0.1) is 0 Å². The molecule has 1 aliphatic heterocycles. The van der Waals surface area contributed by atoms with Crippen LogP contribution in [-0.4, -0.2) is 5.11 Å². The Morgan fingerprint density at radius 1 is 1.10 bits per heavy atom. The molecule has 29 heavy (non-hydrogen) atoms. The zero-order valence-electron chi connectivity index (χ0n) is 15.2. The van der Waals surface area contributed by atoms with Crippen molar-refractivity contribution in [3.05, 3.63) is 99.4 Å². The number of allylic oxidation sites excluding steroid dienone is 1. The summed E-state index contributed by atoms with van der Waals surface area (Å²) in [4.78, 5) is 12.4. The molecule has 2 heterocycles. The van der Waals surface area contributed by atoms with Gasteiger partial charge in [0.05, 0.1) is 5.92 Å². The number of hydrogen-bond acceptors (Lipinski definition) is 7. The van der Waals surface area contributed by atoms with Crippen molar-refractivity contribution >= 4 is 0 Å². The number of rotatable bonds is 4. The van der Waals surface area contributed by atoms with Crippen molar-refractivity contribution in [3.63, 3.8) is 0 Å². The Kier molecular flexibility index (Phi) is 4.77. The van der Waals surface area contributed by atoms with Gasteiger partial charge < -0.3 is 24.7 Å². The fraction of sp³-hybridized carbons (Fsp3) is 0.0909. The molecule has 1 aromatic heterocycles. The van der Waals surface area contributed by atoms with E-state index in [9.17, 15) is 15.2 Å². The smallest absolute Gasteiger partial charge is 0.228 e. The number of ether oxygens (including phenoxy) is 2. The van der Waals surface area contributed by atoms with Gasteiger partial charge in [-0.05, 0) is 29.8 Å². The summed E-state index contributed by atoms with van der Waals surface area (Å²) >= 11 is 0. The molecule has 4 rings (SSSR count). The molecule has 2 aromatic carbocycles. The van der Waals surface area contributed by atoms with Crippen LogP contribution in [0.4, 0.5) is 0 Å². The van der Waals surface area contributed by atoms with Gasteiger partial charge in [0, 0.05) is 6.07 Å². The minimum Gasteiger partial charge on any atom is -0.458 e. The first-order chi connectivity index (χ1) is 14.1. The number of nitrogens with zero attached hydrogens (tertiary/aromatic N) is 1. The van der Waals surface area contributed by atoms with Crippen LogP contribution in [0.15, 0.2) is 81.3 Å². The average molecular weight is 388 g/mol. The summed E-state index contributed by atoms with van der Waals surface area (Å²) in [5.41, 5.74) is 6.15. The van der Waals surface area contributed by atoms with Crippen LogP contribution in [0, 0.1) is 11.3 Å². The van der Waals surface area contributed by atoms with Gasteiger partial charge >= 0.3 is 0 Å². The highest BCUT2D eigenvalue weighted by atomic mass is 16.5. The lowest BCUT2D eigenvalue weighted by atomic mass is 9.87. The third-order valence-corrected chi connectivity index (χ3v) is 4.46. The molecule has 0 aliphatic carbocycles. The SMILES string of the molecule is N#CC1=C(N)Oc2c(oc(CO)cc2=O)[C@@H]1c1cccc(Oc2ccccc2)c1. The third-order valence-electron chi connectivity index (χ3n) is 4.46. The average Bonchev–Trinajstić information content (AvgIpc) is 2.74. The summed E-state index contributed by atoms with van der Waals surface area (Å²) in [6.45, 7) is -0.465. The molecule has 0 spiro atoms. The summed E-state index contributed by atoms with van der Waals surface area (Å²) in [6, 6.07) is 19.5. The molecule has 0 amide bonds. The first kappa shape index (κ1) is 18.3. The van der Waals surface area contributed by atoms with E-state index in [0.29, 0.717) is 17.1 Å². The standard InChI is InChI=1S/C22H16N2O5/c23-11-17-19(21-20(29-22(17)24)18(26)10-16(12-25)28-21)13-5-4-8-15(9-13)27-14-6-2-1-3-7-14/h1-10,19,25H,12,24H2/t19-/m1/s1. The second-order valence-corrected chi connectivity index (χ2v) is 6.34. The van der Waals surface area contributed by atoms with Gasteiger partial charge in [0.25, 0.3) is 0 Å². The highest BCUT2D eigenvalue weighted by Crippen LogP contribution is 2.41. The quantitative estimate of drug-likeness (QED) is 0.705. The second-order valence-electron chi connectivity index (χ2n) is 6.34. The van der Waals surface area contributed by atoms with Crippen LogP contribution < -0.4 is 20.6 Å². The maximum atomic E-state index is 12.4. The van der Waals surface area contributed by atoms with E-state index in [2.05, 4.69) is 0 Å². The molecular weight excluding hydrogens is 372 g/mol. The van der Waals surface area contributed by atoms with Crippen LogP contribution in [-0.2, 0) is 6.61 Å². The van der Waals surface area contributed by atoms with Gasteiger partial charge in [-0.1, -0.05) is 30.3 Å². The molecule has 0 unspecified atom stereocenters. The van der Waals surface area contributed by atoms with E-state index in [1.54, 1.807) is 24.3 Å². The van der Waals surface area contributed by atoms with Crippen molar-refractivity contribution in [2.75, 3.05) is 0 Å². The summed E-state index contributed by atoms with van der Waals surface area (Å²) in [5, 5.41) is 19.1. The molecule has 3 N–H and O–H groups in total. The van der Waals surface area contributed by atoms with Crippen molar-refractivity contribution in [3.8, 4) is 23.3 Å². The van der Waals surface area contributed by atoms with Crippen LogP contribution in [0.25, 0.3) is 0 Å². The van der Waals surface area contributed by atoms with Crippen LogP contribution in [0.3, 0.4) is 0 Å². The highest BCUT2D eigenvalue weighted by Gasteiger charge is 2.35. The van der Waals surface area contributed by atoms with Crippen LogP contribution in [0.1, 0.15) is 23.0 Å². The topological polar surface area (TPSA) is 119 Å². The molecular formula is C22H16N2O5. The number of hydrogen-bond donors (Lipinski definition) is 2. The fourth-order valence-electron chi connectivity index (χ4n) is 3.18. The minimum absolute atomic E-state index is 0.0665. The summed E-state index contributed by atoms with van der Waals surface area (Å²) in [7, 11) is 0. The molecule has 0 saturated heterocycles. The van der Waals surface area contributed by atoms with E-state index in [-0.39, 0.29) is 28.7 Å². The lowest BCUT2D eigenvalue weighted by molar-refractivity contribution is 0.231. The molecule has 0 bridgehead atoms. The molecule has 7 nitrogen and oxygen atoms in total. The second kappa shape index (κ2) is 7.54. The first-order valence-corrected chi connectivity index (χ1v) is 8.79. The van der Waals surface area contributed by atoms with Crippen LogP contribution in [0.5, 0.6) is 17.2 Å². The summed E-state index contributed by atoms with van der Waals surface area (Å²) in [5.74, 6) is 0.338. The maximum absolute atomic E-state index is 12.4. The minimum atomic E-state index is -0.776. The number of aliphatic hydroxyl groups is 1. The van der Waals surface area contributed by atoms with Gasteiger partial charge in [0.15, 0.2) is 5.76 Å². The van der Waals surface area contributed by atoms with Gasteiger partial charge in [0.1, 0.15) is 35.5 Å². The van der Waals surface area contributed by atoms with E-state index >= 15 is 0 Å². The lowest BCUT2D eigenvalue weighted by Gasteiger charge is -2.25.